The van der Waals surface area contributed by atoms with Crippen molar-refractivity contribution in [3.63, 3.8) is 0 Å². The molecular weight excluding hydrogens is 342 g/mol. The summed E-state index contributed by atoms with van der Waals surface area (Å²) in [5.41, 5.74) is 0.373. The minimum absolute atomic E-state index is 0.0417. The molecule has 1 saturated heterocycles. The highest BCUT2D eigenvalue weighted by atomic mass is 32.1. The van der Waals surface area contributed by atoms with Gasteiger partial charge in [0.25, 0.3) is 5.56 Å². The molecule has 0 bridgehead atoms. The lowest BCUT2D eigenvalue weighted by molar-refractivity contribution is -0.150. The fourth-order valence-electron chi connectivity index (χ4n) is 3.71. The van der Waals surface area contributed by atoms with Crippen LogP contribution in [-0.4, -0.2) is 39.3 Å². The minimum Gasteiger partial charge on any atom is -0.457 e. The van der Waals surface area contributed by atoms with E-state index in [-0.39, 0.29) is 30.5 Å². The van der Waals surface area contributed by atoms with Crippen LogP contribution in [0, 0.1) is 5.92 Å². The molecule has 132 valence electrons. The van der Waals surface area contributed by atoms with Gasteiger partial charge in [0, 0.05) is 19.0 Å². The van der Waals surface area contributed by atoms with Crippen LogP contribution >= 0.6 is 11.3 Å². The maximum absolute atomic E-state index is 12.3. The highest BCUT2D eigenvalue weighted by Crippen LogP contribution is 2.30. The molecule has 2 aromatic rings. The number of ether oxygens (including phenoxy) is 1. The quantitative estimate of drug-likeness (QED) is 0.839. The van der Waals surface area contributed by atoms with Crippen LogP contribution in [0.4, 0.5) is 0 Å². The van der Waals surface area contributed by atoms with Gasteiger partial charge in [-0.25, -0.2) is 4.98 Å². The Morgan fingerprint density at radius 2 is 2.16 bits per heavy atom. The number of esters is 1. The van der Waals surface area contributed by atoms with Crippen LogP contribution in [0.15, 0.2) is 16.2 Å². The smallest absolute Gasteiger partial charge is 0.311 e. The SMILES string of the molecule is O=C(OCc1nc2ccsc2c(=O)[nH]1)C1CC(=O)N(C2CCCC2)C1. The van der Waals surface area contributed by atoms with Crippen LogP contribution in [0.2, 0.25) is 0 Å². The number of nitrogens with zero attached hydrogens (tertiary/aromatic N) is 2. The summed E-state index contributed by atoms with van der Waals surface area (Å²) >= 11 is 1.32. The summed E-state index contributed by atoms with van der Waals surface area (Å²) in [6.45, 7) is 0.351. The average molecular weight is 361 g/mol. The Labute approximate surface area is 148 Å². The van der Waals surface area contributed by atoms with Crippen molar-refractivity contribution >= 4 is 33.4 Å². The van der Waals surface area contributed by atoms with Gasteiger partial charge in [-0.1, -0.05) is 12.8 Å². The number of hydrogen-bond donors (Lipinski definition) is 1. The molecular formula is C17H19N3O4S. The first-order chi connectivity index (χ1) is 12.1. The Hall–Kier alpha value is -2.22. The number of likely N-dealkylation sites (tertiary alicyclic amines) is 1. The molecule has 1 N–H and O–H groups in total. The highest BCUT2D eigenvalue weighted by molar-refractivity contribution is 7.17. The van der Waals surface area contributed by atoms with Gasteiger partial charge in [0.15, 0.2) is 0 Å². The maximum atomic E-state index is 12.3. The van der Waals surface area contributed by atoms with E-state index < -0.39 is 11.9 Å². The molecule has 1 saturated carbocycles. The van der Waals surface area contributed by atoms with Crippen molar-refractivity contribution in [3.05, 3.63) is 27.6 Å². The van der Waals surface area contributed by atoms with Crippen molar-refractivity contribution < 1.29 is 14.3 Å². The number of carbonyl (C=O) groups is 2. The monoisotopic (exact) mass is 361 g/mol. The first-order valence-electron chi connectivity index (χ1n) is 8.54. The number of aromatic nitrogens is 2. The second kappa shape index (κ2) is 6.59. The van der Waals surface area contributed by atoms with Gasteiger partial charge in [-0.15, -0.1) is 11.3 Å². The van der Waals surface area contributed by atoms with Gasteiger partial charge in [-0.05, 0) is 24.3 Å². The Morgan fingerprint density at radius 1 is 1.36 bits per heavy atom. The van der Waals surface area contributed by atoms with Crippen LogP contribution in [0.5, 0.6) is 0 Å². The van der Waals surface area contributed by atoms with Crippen molar-refractivity contribution in [1.29, 1.82) is 0 Å². The molecule has 4 rings (SSSR count). The lowest BCUT2D eigenvalue weighted by atomic mass is 10.1. The molecule has 1 amide bonds. The molecule has 2 aliphatic rings. The lowest BCUT2D eigenvalue weighted by Gasteiger charge is -2.23. The Kier molecular flexibility index (Phi) is 4.29. The molecule has 0 radical (unpaired) electrons. The largest absolute Gasteiger partial charge is 0.457 e. The van der Waals surface area contributed by atoms with Crippen LogP contribution in [0.25, 0.3) is 10.2 Å². The van der Waals surface area contributed by atoms with Crippen LogP contribution in [-0.2, 0) is 20.9 Å². The highest BCUT2D eigenvalue weighted by Gasteiger charge is 2.39. The molecule has 1 atom stereocenters. The number of thiophene rings is 1. The number of H-pyrrole nitrogens is 1. The first kappa shape index (κ1) is 16.3. The van der Waals surface area contributed by atoms with Gasteiger partial charge in [-0.2, -0.15) is 0 Å². The second-order valence-electron chi connectivity index (χ2n) is 6.64. The Balaban J connectivity index is 1.38. The minimum atomic E-state index is -0.426. The van der Waals surface area contributed by atoms with Crippen LogP contribution in [0.1, 0.15) is 37.9 Å². The molecule has 1 unspecified atom stereocenters. The van der Waals surface area contributed by atoms with Gasteiger partial charge >= 0.3 is 5.97 Å². The fourth-order valence-corrected chi connectivity index (χ4v) is 4.43. The van der Waals surface area contributed by atoms with Gasteiger partial charge in [0.2, 0.25) is 5.91 Å². The van der Waals surface area contributed by atoms with Gasteiger partial charge in [0.05, 0.1) is 11.4 Å². The summed E-state index contributed by atoms with van der Waals surface area (Å²) in [5, 5.41) is 1.80. The summed E-state index contributed by atoms with van der Waals surface area (Å²) in [4.78, 5) is 45.2. The molecule has 0 aromatic carbocycles. The summed E-state index contributed by atoms with van der Waals surface area (Å²) < 4.78 is 5.86. The van der Waals surface area contributed by atoms with Gasteiger partial charge < -0.3 is 14.6 Å². The van der Waals surface area contributed by atoms with Crippen molar-refractivity contribution in [3.8, 4) is 0 Å². The zero-order chi connectivity index (χ0) is 17.4. The number of carbonyl (C=O) groups excluding carboxylic acids is 2. The third-order valence-corrected chi connectivity index (χ3v) is 5.87. The van der Waals surface area contributed by atoms with E-state index in [1.165, 1.54) is 11.3 Å². The van der Waals surface area contributed by atoms with Crippen molar-refractivity contribution in [2.45, 2.75) is 44.8 Å². The van der Waals surface area contributed by atoms with Crippen molar-refractivity contribution in [2.75, 3.05) is 6.54 Å². The van der Waals surface area contributed by atoms with E-state index in [2.05, 4.69) is 9.97 Å². The molecule has 2 aromatic heterocycles. The molecule has 3 heterocycles. The summed E-state index contributed by atoms with van der Waals surface area (Å²) in [5.74, 6) is -0.465. The zero-order valence-corrected chi connectivity index (χ0v) is 14.5. The normalized spacial score (nSPS) is 21.4. The summed E-state index contributed by atoms with van der Waals surface area (Å²) in [6.07, 6.45) is 4.56. The van der Waals surface area contributed by atoms with E-state index >= 15 is 0 Å². The average Bonchev–Trinajstić information content (AvgIpc) is 3.32. The number of rotatable bonds is 4. The van der Waals surface area contributed by atoms with Crippen LogP contribution in [0.3, 0.4) is 0 Å². The molecule has 2 fully saturated rings. The van der Waals surface area contributed by atoms with E-state index in [1.54, 1.807) is 11.4 Å². The first-order valence-corrected chi connectivity index (χ1v) is 9.42. The van der Waals surface area contributed by atoms with E-state index in [4.69, 9.17) is 4.74 Å². The molecule has 25 heavy (non-hydrogen) atoms. The third kappa shape index (κ3) is 3.18. The number of nitrogens with one attached hydrogen (secondary N) is 1. The zero-order valence-electron chi connectivity index (χ0n) is 13.7. The van der Waals surface area contributed by atoms with Crippen molar-refractivity contribution in [1.82, 2.24) is 14.9 Å². The predicted molar refractivity (Wildman–Crippen MR) is 92.1 cm³/mol. The summed E-state index contributed by atoms with van der Waals surface area (Å²) in [7, 11) is 0. The van der Waals surface area contributed by atoms with E-state index in [0.29, 0.717) is 22.6 Å². The predicted octanol–water partition coefficient (Wildman–Crippen LogP) is 1.82. The molecule has 0 spiro atoms. The molecule has 7 nitrogen and oxygen atoms in total. The molecule has 8 heteroatoms. The Bertz CT molecular complexity index is 868. The number of amides is 1. The Morgan fingerprint density at radius 3 is 2.96 bits per heavy atom. The van der Waals surface area contributed by atoms with Gasteiger partial charge in [0.1, 0.15) is 17.1 Å². The second-order valence-corrected chi connectivity index (χ2v) is 7.56. The van der Waals surface area contributed by atoms with E-state index in [9.17, 15) is 14.4 Å². The summed E-state index contributed by atoms with van der Waals surface area (Å²) in [6, 6.07) is 2.04. The fraction of sp³-hybridized carbons (Fsp3) is 0.529. The van der Waals surface area contributed by atoms with E-state index in [1.807, 2.05) is 4.90 Å². The lowest BCUT2D eigenvalue weighted by Crippen LogP contribution is -2.35. The number of hydrogen-bond acceptors (Lipinski definition) is 6. The van der Waals surface area contributed by atoms with Crippen molar-refractivity contribution in [2.24, 2.45) is 5.92 Å². The standard InChI is InChI=1S/C17H19N3O4S/c21-14-7-10(8-20(14)11-3-1-2-4-11)17(23)24-9-13-18-12-5-6-25-15(12)16(22)19-13/h5-6,10-11H,1-4,7-9H2,(H,18,19,22). The molecule has 1 aliphatic heterocycles. The topological polar surface area (TPSA) is 92.4 Å². The number of aromatic amines is 1. The third-order valence-electron chi connectivity index (χ3n) is 4.97. The van der Waals surface area contributed by atoms with Crippen LogP contribution < -0.4 is 5.56 Å². The molecule has 1 aliphatic carbocycles. The number of fused-ring (bicyclic) bond motifs is 1. The maximum Gasteiger partial charge on any atom is 0.311 e. The van der Waals surface area contributed by atoms with E-state index in [0.717, 1.165) is 25.7 Å². The van der Waals surface area contributed by atoms with Gasteiger partial charge in [-0.3, -0.25) is 14.4 Å².